The van der Waals surface area contributed by atoms with Crippen molar-refractivity contribution in [3.05, 3.63) is 71.3 Å². The number of para-hydroxylation sites is 2. The Hall–Kier alpha value is -3.26. The third-order valence-corrected chi connectivity index (χ3v) is 5.05. The molecule has 2 aromatic carbocycles. The number of alkyl halides is 8. The number of rotatable bonds is 4. The van der Waals surface area contributed by atoms with Gasteiger partial charge in [0.25, 0.3) is 0 Å². The van der Waals surface area contributed by atoms with E-state index in [1.807, 2.05) is 0 Å². The number of hydrogen-bond donors (Lipinski definition) is 0. The second-order valence-electron chi connectivity index (χ2n) is 6.43. The minimum Gasteiger partial charge on any atom is -0.193 e. The maximum atomic E-state index is 13.5. The molecule has 2 aromatic heterocycles. The zero-order valence-electron chi connectivity index (χ0n) is 15.7. The Balaban J connectivity index is 1.88. The predicted octanol–water partition coefficient (Wildman–Crippen LogP) is 4.35. The number of nitrogens with zero attached hydrogens (tertiary/aromatic N) is 8. The van der Waals surface area contributed by atoms with Gasteiger partial charge in [0.2, 0.25) is 16.0 Å². The third kappa shape index (κ3) is 4.11. The number of tetrazole rings is 2. The van der Waals surface area contributed by atoms with E-state index in [0.717, 1.165) is 36.4 Å². The van der Waals surface area contributed by atoms with Crippen LogP contribution in [0.2, 0.25) is 0 Å². The summed E-state index contributed by atoms with van der Waals surface area (Å²) < 4.78 is 79.7. The van der Waals surface area contributed by atoms with Gasteiger partial charge in [-0.1, -0.05) is 47.5 Å². The molecule has 16 heteroatoms. The van der Waals surface area contributed by atoms with E-state index in [2.05, 4.69) is 31.1 Å². The molecular formula is C17H8Cl2F6N8. The topological polar surface area (TPSA) is 87.2 Å². The number of benzene rings is 2. The molecule has 0 unspecified atom stereocenters. The molecule has 0 aliphatic heterocycles. The highest BCUT2D eigenvalue weighted by atomic mass is 35.5. The van der Waals surface area contributed by atoms with Gasteiger partial charge in [0.05, 0.1) is 22.5 Å². The zero-order chi connectivity index (χ0) is 24.0. The molecular weight excluding hydrogens is 501 g/mol. The van der Waals surface area contributed by atoms with Gasteiger partial charge in [0, 0.05) is 0 Å². The van der Waals surface area contributed by atoms with Gasteiger partial charge in [0.15, 0.2) is 0 Å². The van der Waals surface area contributed by atoms with E-state index in [1.165, 1.54) is 12.1 Å². The van der Waals surface area contributed by atoms with Crippen molar-refractivity contribution < 1.29 is 26.3 Å². The first-order valence-electron chi connectivity index (χ1n) is 8.71. The van der Waals surface area contributed by atoms with Crippen molar-refractivity contribution in [2.75, 3.05) is 0 Å². The molecule has 0 atom stereocenters. The summed E-state index contributed by atoms with van der Waals surface area (Å²) in [6, 6.07) is 8.60. The summed E-state index contributed by atoms with van der Waals surface area (Å²) in [7, 11) is 0. The van der Waals surface area contributed by atoms with E-state index in [9.17, 15) is 26.3 Å². The van der Waals surface area contributed by atoms with Crippen LogP contribution in [0.3, 0.4) is 0 Å². The predicted molar refractivity (Wildman–Crippen MR) is 101 cm³/mol. The summed E-state index contributed by atoms with van der Waals surface area (Å²) in [5, 5.41) is 20.9. The van der Waals surface area contributed by atoms with Crippen molar-refractivity contribution in [1.29, 1.82) is 0 Å². The highest BCUT2D eigenvalue weighted by molar-refractivity contribution is 6.49. The minimum absolute atomic E-state index is 0.523. The lowest BCUT2D eigenvalue weighted by molar-refractivity contribution is -0.138. The molecule has 4 rings (SSSR count). The van der Waals surface area contributed by atoms with E-state index in [1.54, 1.807) is 0 Å². The Bertz CT molecular complexity index is 1200. The molecule has 0 saturated heterocycles. The molecule has 8 nitrogen and oxygen atoms in total. The summed E-state index contributed by atoms with van der Waals surface area (Å²) in [6.45, 7) is 0. The lowest BCUT2D eigenvalue weighted by Gasteiger charge is -2.20. The fourth-order valence-electron chi connectivity index (χ4n) is 2.99. The average Bonchev–Trinajstić information content (AvgIpc) is 3.43. The fraction of sp³-hybridized carbons (Fsp3) is 0.176. The fourth-order valence-corrected chi connectivity index (χ4v) is 3.46. The van der Waals surface area contributed by atoms with Crippen molar-refractivity contribution in [1.82, 2.24) is 40.4 Å². The van der Waals surface area contributed by atoms with Crippen molar-refractivity contribution in [3.63, 3.8) is 0 Å². The van der Waals surface area contributed by atoms with Crippen LogP contribution >= 0.6 is 23.2 Å². The van der Waals surface area contributed by atoms with E-state index in [0.29, 0.717) is 9.36 Å². The molecule has 0 bridgehead atoms. The SMILES string of the molecule is FC(F)(F)c1ccccc1-n1nnnc1C(Cl)(Cl)c1nnnn1-c1ccccc1C(F)(F)F. The number of aromatic nitrogens is 8. The van der Waals surface area contributed by atoms with Crippen LogP contribution in [-0.4, -0.2) is 40.4 Å². The summed E-state index contributed by atoms with van der Waals surface area (Å²) in [5.74, 6) is -1.16. The standard InChI is InChI=1S/C17H8Cl2F6N8/c18-15(19,13-26-28-30-32(13)11-7-3-1-5-9(11)16(20,21)22)14-27-29-31-33(14)12-8-4-2-6-10(12)17(23,24)25/h1-8H. The molecule has 0 saturated carbocycles. The van der Waals surface area contributed by atoms with Crippen molar-refractivity contribution >= 4 is 23.2 Å². The van der Waals surface area contributed by atoms with Crippen LogP contribution in [-0.2, 0) is 16.7 Å². The average molecular weight is 509 g/mol. The van der Waals surface area contributed by atoms with Crippen molar-refractivity contribution in [3.8, 4) is 11.4 Å². The number of halogens is 8. The minimum atomic E-state index is -4.78. The molecule has 172 valence electrons. The summed E-state index contributed by atoms with van der Waals surface area (Å²) in [5.41, 5.74) is -3.26. The van der Waals surface area contributed by atoms with E-state index in [-0.39, 0.29) is 0 Å². The first-order chi connectivity index (χ1) is 15.4. The summed E-state index contributed by atoms with van der Waals surface area (Å²) in [4.78, 5) is 0. The smallest absolute Gasteiger partial charge is 0.193 e. The van der Waals surface area contributed by atoms with Crippen LogP contribution in [0.15, 0.2) is 48.5 Å². The van der Waals surface area contributed by atoms with E-state index < -0.39 is 50.8 Å². The van der Waals surface area contributed by atoms with Crippen LogP contribution in [0, 0.1) is 0 Å². The lowest BCUT2D eigenvalue weighted by Crippen LogP contribution is -2.26. The molecule has 0 spiro atoms. The van der Waals surface area contributed by atoms with Gasteiger partial charge in [-0.15, -0.1) is 10.2 Å². The van der Waals surface area contributed by atoms with Crippen LogP contribution in [0.5, 0.6) is 0 Å². The van der Waals surface area contributed by atoms with Gasteiger partial charge in [0.1, 0.15) is 0 Å². The van der Waals surface area contributed by atoms with Gasteiger partial charge in [-0.05, 0) is 45.1 Å². The van der Waals surface area contributed by atoms with Crippen LogP contribution in [0.1, 0.15) is 22.8 Å². The molecule has 0 N–H and O–H groups in total. The van der Waals surface area contributed by atoms with Crippen LogP contribution in [0.4, 0.5) is 26.3 Å². The summed E-state index contributed by atoms with van der Waals surface area (Å²) >= 11 is 12.8. The largest absolute Gasteiger partial charge is 0.418 e. The molecule has 0 radical (unpaired) electrons. The van der Waals surface area contributed by atoms with Gasteiger partial charge >= 0.3 is 12.4 Å². The van der Waals surface area contributed by atoms with Gasteiger partial charge in [-0.25, -0.2) is 0 Å². The van der Waals surface area contributed by atoms with Crippen molar-refractivity contribution in [2.45, 2.75) is 16.7 Å². The lowest BCUT2D eigenvalue weighted by atomic mass is 10.1. The first-order valence-corrected chi connectivity index (χ1v) is 9.46. The highest BCUT2D eigenvalue weighted by Gasteiger charge is 2.44. The number of hydrogen-bond acceptors (Lipinski definition) is 6. The second-order valence-corrected chi connectivity index (χ2v) is 7.76. The Morgan fingerprint density at radius 2 is 0.970 bits per heavy atom. The normalized spacial score (nSPS) is 12.8. The second kappa shape index (κ2) is 7.95. The van der Waals surface area contributed by atoms with Crippen LogP contribution in [0.25, 0.3) is 11.4 Å². The molecule has 4 aromatic rings. The molecule has 0 fully saturated rings. The molecule has 0 aliphatic carbocycles. The Morgan fingerprint density at radius 1 is 0.606 bits per heavy atom. The quantitative estimate of drug-likeness (QED) is 0.300. The van der Waals surface area contributed by atoms with E-state index >= 15 is 0 Å². The molecule has 33 heavy (non-hydrogen) atoms. The van der Waals surface area contributed by atoms with E-state index in [4.69, 9.17) is 23.2 Å². The Morgan fingerprint density at radius 3 is 1.33 bits per heavy atom. The van der Waals surface area contributed by atoms with Gasteiger partial charge < -0.3 is 0 Å². The maximum absolute atomic E-state index is 13.5. The molecule has 0 amide bonds. The molecule has 0 aliphatic rings. The Kier molecular flexibility index (Phi) is 5.52. The van der Waals surface area contributed by atoms with Crippen molar-refractivity contribution in [2.24, 2.45) is 0 Å². The molecule has 2 heterocycles. The highest BCUT2D eigenvalue weighted by Crippen LogP contribution is 2.42. The van der Waals surface area contributed by atoms with Gasteiger partial charge in [-0.2, -0.15) is 35.7 Å². The first kappa shape index (κ1) is 22.9. The summed E-state index contributed by atoms with van der Waals surface area (Å²) in [6.07, 6.45) is -9.57. The maximum Gasteiger partial charge on any atom is 0.418 e. The van der Waals surface area contributed by atoms with Crippen LogP contribution < -0.4 is 0 Å². The zero-order valence-corrected chi connectivity index (χ0v) is 17.2. The Labute approximate surface area is 189 Å². The monoisotopic (exact) mass is 508 g/mol. The third-order valence-electron chi connectivity index (χ3n) is 4.38. The van der Waals surface area contributed by atoms with Gasteiger partial charge in [-0.3, -0.25) is 0 Å².